The van der Waals surface area contributed by atoms with Gasteiger partial charge in [0.05, 0.1) is 17.8 Å². The van der Waals surface area contributed by atoms with E-state index in [1.807, 2.05) is 0 Å². The Bertz CT molecular complexity index is 213. The fourth-order valence-electron chi connectivity index (χ4n) is 2.64. The summed E-state index contributed by atoms with van der Waals surface area (Å²) in [6.45, 7) is 14.4. The van der Waals surface area contributed by atoms with Crippen molar-refractivity contribution in [3.8, 4) is 0 Å². The highest BCUT2D eigenvalue weighted by atomic mass is 16.5. The summed E-state index contributed by atoms with van der Waals surface area (Å²) < 4.78 is 11.1. The first-order valence-corrected chi connectivity index (χ1v) is 6.47. The zero-order valence-electron chi connectivity index (χ0n) is 12.0. The minimum atomic E-state index is -0.0473. The Morgan fingerprint density at radius 3 is 2.24 bits per heavy atom. The van der Waals surface area contributed by atoms with Crippen LogP contribution in [0, 0.1) is 0 Å². The largest absolute Gasteiger partial charge is 0.383 e. The van der Waals surface area contributed by atoms with Crippen LogP contribution in [0.2, 0.25) is 0 Å². The van der Waals surface area contributed by atoms with E-state index < -0.39 is 0 Å². The molecule has 0 spiro atoms. The second kappa shape index (κ2) is 6.14. The van der Waals surface area contributed by atoms with Crippen LogP contribution in [0.15, 0.2) is 0 Å². The molecule has 1 aliphatic heterocycles. The topological polar surface area (TPSA) is 33.7 Å². The fourth-order valence-corrected chi connectivity index (χ4v) is 2.64. The number of ether oxygens (including phenoxy) is 2. The summed E-state index contributed by atoms with van der Waals surface area (Å²) in [4.78, 5) is 2.48. The molecule has 1 rings (SSSR count). The van der Waals surface area contributed by atoms with E-state index in [-0.39, 0.29) is 11.2 Å². The molecule has 4 nitrogen and oxygen atoms in total. The molecule has 0 unspecified atom stereocenters. The van der Waals surface area contributed by atoms with Crippen LogP contribution in [0.1, 0.15) is 27.7 Å². The minimum absolute atomic E-state index is 0.0473. The van der Waals surface area contributed by atoms with Gasteiger partial charge in [-0.2, -0.15) is 0 Å². The Hall–Kier alpha value is -0.160. The number of hydrogen-bond acceptors (Lipinski definition) is 4. The molecule has 1 N–H and O–H groups in total. The lowest BCUT2D eigenvalue weighted by molar-refractivity contribution is -0.180. The first kappa shape index (κ1) is 14.9. The second-order valence-electron chi connectivity index (χ2n) is 6.07. The Kier molecular flexibility index (Phi) is 5.38. The van der Waals surface area contributed by atoms with E-state index in [2.05, 4.69) is 37.9 Å². The van der Waals surface area contributed by atoms with Gasteiger partial charge in [-0.05, 0) is 27.7 Å². The lowest BCUT2D eigenvalue weighted by atomic mass is 9.99. The predicted molar refractivity (Wildman–Crippen MR) is 70.4 cm³/mol. The quantitative estimate of drug-likeness (QED) is 0.710. The van der Waals surface area contributed by atoms with Crippen LogP contribution in [-0.2, 0) is 9.47 Å². The molecule has 0 aromatic heterocycles. The highest BCUT2D eigenvalue weighted by molar-refractivity contribution is 4.89. The minimum Gasteiger partial charge on any atom is -0.383 e. The van der Waals surface area contributed by atoms with E-state index in [0.29, 0.717) is 0 Å². The maximum atomic E-state index is 6.05. The number of nitrogens with zero attached hydrogens (tertiary/aromatic N) is 1. The Morgan fingerprint density at radius 2 is 1.71 bits per heavy atom. The van der Waals surface area contributed by atoms with Crippen molar-refractivity contribution in [2.24, 2.45) is 0 Å². The highest BCUT2D eigenvalue weighted by Gasteiger charge is 2.37. The van der Waals surface area contributed by atoms with E-state index in [0.717, 1.165) is 39.3 Å². The van der Waals surface area contributed by atoms with Gasteiger partial charge in [-0.3, -0.25) is 4.90 Å². The van der Waals surface area contributed by atoms with Gasteiger partial charge in [-0.25, -0.2) is 0 Å². The van der Waals surface area contributed by atoms with Gasteiger partial charge < -0.3 is 14.8 Å². The number of morpholine rings is 1. The average molecular weight is 244 g/mol. The van der Waals surface area contributed by atoms with Crippen LogP contribution in [0.3, 0.4) is 0 Å². The van der Waals surface area contributed by atoms with Crippen LogP contribution in [0.25, 0.3) is 0 Å². The molecule has 4 heteroatoms. The molecular weight excluding hydrogens is 216 g/mol. The van der Waals surface area contributed by atoms with Crippen LogP contribution >= 0.6 is 0 Å². The van der Waals surface area contributed by atoms with Crippen molar-refractivity contribution in [2.75, 3.05) is 46.4 Å². The predicted octanol–water partition coefficient (Wildman–Crippen LogP) is 1.11. The SMILES string of the molecule is COCCNCCN1CC(C)(C)OC(C)(C)C1. The van der Waals surface area contributed by atoms with Crippen LogP contribution in [-0.4, -0.2) is 62.5 Å². The normalized spacial score (nSPS) is 23.8. The van der Waals surface area contributed by atoms with Crippen molar-refractivity contribution in [1.29, 1.82) is 0 Å². The zero-order valence-corrected chi connectivity index (χ0v) is 12.0. The van der Waals surface area contributed by atoms with Crippen LogP contribution < -0.4 is 5.32 Å². The molecule has 0 amide bonds. The molecule has 0 aromatic carbocycles. The molecule has 102 valence electrons. The van der Waals surface area contributed by atoms with Crippen molar-refractivity contribution in [2.45, 2.75) is 38.9 Å². The summed E-state index contributed by atoms with van der Waals surface area (Å²) >= 11 is 0. The first-order valence-electron chi connectivity index (χ1n) is 6.47. The molecule has 1 aliphatic rings. The number of rotatable bonds is 6. The molecule has 1 heterocycles. The van der Waals surface area contributed by atoms with E-state index in [1.165, 1.54) is 0 Å². The molecule has 0 atom stereocenters. The Labute approximate surface area is 106 Å². The monoisotopic (exact) mass is 244 g/mol. The van der Waals surface area contributed by atoms with Gasteiger partial charge in [0.15, 0.2) is 0 Å². The Balaban J connectivity index is 2.28. The van der Waals surface area contributed by atoms with E-state index in [1.54, 1.807) is 7.11 Å². The molecule has 0 saturated carbocycles. The molecule has 0 aromatic rings. The lowest BCUT2D eigenvalue weighted by Crippen LogP contribution is -2.58. The molecule has 1 fully saturated rings. The number of nitrogens with one attached hydrogen (secondary N) is 1. The van der Waals surface area contributed by atoms with Gasteiger partial charge in [0.2, 0.25) is 0 Å². The third-order valence-corrected chi connectivity index (χ3v) is 2.85. The summed E-state index contributed by atoms with van der Waals surface area (Å²) in [5, 5.41) is 3.38. The van der Waals surface area contributed by atoms with Crippen LogP contribution in [0.4, 0.5) is 0 Å². The van der Waals surface area contributed by atoms with E-state index in [9.17, 15) is 0 Å². The van der Waals surface area contributed by atoms with Crippen molar-refractivity contribution in [3.63, 3.8) is 0 Å². The lowest BCUT2D eigenvalue weighted by Gasteiger charge is -2.47. The zero-order chi connectivity index (χ0) is 12.9. The molecule has 0 radical (unpaired) electrons. The molecule has 0 bridgehead atoms. The van der Waals surface area contributed by atoms with Gasteiger partial charge in [-0.15, -0.1) is 0 Å². The molecule has 0 aliphatic carbocycles. The highest BCUT2D eigenvalue weighted by Crippen LogP contribution is 2.27. The maximum Gasteiger partial charge on any atom is 0.0760 e. The summed E-state index contributed by atoms with van der Waals surface area (Å²) in [7, 11) is 1.73. The second-order valence-corrected chi connectivity index (χ2v) is 6.07. The first-order chi connectivity index (χ1) is 7.85. The van der Waals surface area contributed by atoms with Crippen molar-refractivity contribution in [1.82, 2.24) is 10.2 Å². The molecular formula is C13H28N2O2. The number of methoxy groups -OCH3 is 1. The van der Waals surface area contributed by atoms with E-state index in [4.69, 9.17) is 9.47 Å². The summed E-state index contributed by atoms with van der Waals surface area (Å²) in [6, 6.07) is 0. The van der Waals surface area contributed by atoms with Crippen molar-refractivity contribution in [3.05, 3.63) is 0 Å². The fraction of sp³-hybridized carbons (Fsp3) is 1.00. The summed E-state index contributed by atoms with van der Waals surface area (Å²) in [5.41, 5.74) is -0.0947. The third kappa shape index (κ3) is 5.82. The van der Waals surface area contributed by atoms with Crippen molar-refractivity contribution >= 4 is 0 Å². The van der Waals surface area contributed by atoms with E-state index >= 15 is 0 Å². The summed E-state index contributed by atoms with van der Waals surface area (Å²) in [6.07, 6.45) is 0. The maximum absolute atomic E-state index is 6.05. The molecule has 1 saturated heterocycles. The third-order valence-electron chi connectivity index (χ3n) is 2.85. The summed E-state index contributed by atoms with van der Waals surface area (Å²) in [5.74, 6) is 0. The van der Waals surface area contributed by atoms with Gasteiger partial charge in [-0.1, -0.05) is 0 Å². The average Bonchev–Trinajstić information content (AvgIpc) is 2.12. The standard InChI is InChI=1S/C13H28N2O2/c1-12(2)10-15(11-13(3,4)17-12)8-6-14-7-9-16-5/h14H,6-11H2,1-5H3. The molecule has 17 heavy (non-hydrogen) atoms. The van der Waals surface area contributed by atoms with Crippen LogP contribution in [0.5, 0.6) is 0 Å². The van der Waals surface area contributed by atoms with Gasteiger partial charge in [0.1, 0.15) is 0 Å². The van der Waals surface area contributed by atoms with Gasteiger partial charge in [0.25, 0.3) is 0 Å². The number of hydrogen-bond donors (Lipinski definition) is 1. The Morgan fingerprint density at radius 1 is 1.12 bits per heavy atom. The van der Waals surface area contributed by atoms with Crippen molar-refractivity contribution < 1.29 is 9.47 Å². The van der Waals surface area contributed by atoms with Gasteiger partial charge >= 0.3 is 0 Å². The van der Waals surface area contributed by atoms with Gasteiger partial charge in [0, 0.05) is 39.8 Å². The smallest absolute Gasteiger partial charge is 0.0760 e.